The quantitative estimate of drug-likeness (QED) is 0.185. The molecule has 0 heterocycles. The van der Waals surface area contributed by atoms with Gasteiger partial charge in [-0.05, 0) is 36.5 Å². The van der Waals surface area contributed by atoms with Gasteiger partial charge in [0.05, 0.1) is 13.2 Å². The van der Waals surface area contributed by atoms with Crippen LogP contribution < -0.4 is 0 Å². The Kier molecular flexibility index (Phi) is 15.8. The topological polar surface area (TPSA) is 109 Å². The molecular weight excluding hydrogens is 390 g/mol. The lowest BCUT2D eigenvalue weighted by molar-refractivity contribution is 0.118. The summed E-state index contributed by atoms with van der Waals surface area (Å²) in [6, 6.07) is 0. The van der Waals surface area contributed by atoms with E-state index in [1.807, 2.05) is 0 Å². The van der Waals surface area contributed by atoms with Crippen LogP contribution in [0.1, 0.15) is 79.1 Å². The van der Waals surface area contributed by atoms with Gasteiger partial charge in [0.15, 0.2) is 0 Å². The second kappa shape index (κ2) is 15.4. The van der Waals surface area contributed by atoms with Crippen molar-refractivity contribution < 1.29 is 33.4 Å². The smallest absolute Gasteiger partial charge is 0.327 e. The zero-order valence-electron chi connectivity index (χ0n) is 17.4. The van der Waals surface area contributed by atoms with E-state index in [1.165, 1.54) is 0 Å². The predicted molar refractivity (Wildman–Crippen MR) is 110 cm³/mol. The van der Waals surface area contributed by atoms with Crippen LogP contribution in [0.25, 0.3) is 0 Å². The Bertz CT molecular complexity index is 321. The van der Waals surface area contributed by atoms with Crippen molar-refractivity contribution in [2.45, 2.75) is 79.1 Å². The van der Waals surface area contributed by atoms with Crippen LogP contribution in [-0.2, 0) is 13.8 Å². The largest absolute Gasteiger partial charge is 0.381 e. The van der Waals surface area contributed by atoms with Crippen molar-refractivity contribution in [1.82, 2.24) is 0 Å². The van der Waals surface area contributed by atoms with E-state index < -0.39 is 17.2 Å². The highest BCUT2D eigenvalue weighted by atomic mass is 31.2. The monoisotopic (exact) mass is 430 g/mol. The minimum Gasteiger partial charge on any atom is -0.381 e. The number of ether oxygens (including phenoxy) is 1. The van der Waals surface area contributed by atoms with Gasteiger partial charge < -0.3 is 33.4 Å². The molecule has 9 heteroatoms. The van der Waals surface area contributed by atoms with Gasteiger partial charge in [-0.15, -0.1) is 0 Å². The van der Waals surface area contributed by atoms with Gasteiger partial charge in [0.25, 0.3) is 0 Å². The molecule has 0 unspecified atom stereocenters. The summed E-state index contributed by atoms with van der Waals surface area (Å²) in [6.07, 6.45) is 8.42. The number of hydrogen-bond donors (Lipinski definition) is 4. The Morgan fingerprint density at radius 1 is 0.593 bits per heavy atom. The molecule has 0 aliphatic carbocycles. The van der Waals surface area contributed by atoms with E-state index >= 15 is 0 Å². The maximum atomic E-state index is 8.80. The molecule has 0 rings (SSSR count). The van der Waals surface area contributed by atoms with Crippen LogP contribution >= 0.6 is 17.2 Å². The third-order valence-electron chi connectivity index (χ3n) is 4.43. The maximum Gasteiger partial charge on any atom is 0.327 e. The zero-order valence-corrected chi connectivity index (χ0v) is 19.2. The molecule has 0 fully saturated rings. The fourth-order valence-electron chi connectivity index (χ4n) is 2.68. The summed E-state index contributed by atoms with van der Waals surface area (Å²) in [5.74, 6) is 0. The summed E-state index contributed by atoms with van der Waals surface area (Å²) >= 11 is 0. The van der Waals surface area contributed by atoms with Crippen molar-refractivity contribution in [1.29, 1.82) is 0 Å². The molecular formula is C18H40O7P2. The summed E-state index contributed by atoms with van der Waals surface area (Å²) in [6.45, 7) is 10.6. The number of hydrogen-bond acceptors (Lipinski definition) is 7. The van der Waals surface area contributed by atoms with Gasteiger partial charge in [0.2, 0.25) is 0 Å². The van der Waals surface area contributed by atoms with E-state index in [-0.39, 0.29) is 10.8 Å². The first-order chi connectivity index (χ1) is 12.5. The van der Waals surface area contributed by atoms with Crippen molar-refractivity contribution in [3.63, 3.8) is 0 Å². The van der Waals surface area contributed by atoms with E-state index in [4.69, 9.17) is 33.4 Å². The van der Waals surface area contributed by atoms with E-state index in [0.717, 1.165) is 64.6 Å². The molecule has 0 aromatic carbocycles. The van der Waals surface area contributed by atoms with Crippen LogP contribution in [0.15, 0.2) is 0 Å². The van der Waals surface area contributed by atoms with Gasteiger partial charge in [0.1, 0.15) is 0 Å². The minimum atomic E-state index is -2.26. The van der Waals surface area contributed by atoms with Crippen LogP contribution in [0.2, 0.25) is 0 Å². The van der Waals surface area contributed by atoms with E-state index in [0.29, 0.717) is 13.2 Å². The Morgan fingerprint density at radius 3 is 1.30 bits per heavy atom. The van der Waals surface area contributed by atoms with Gasteiger partial charge >= 0.3 is 17.2 Å². The number of unbranched alkanes of at least 4 members (excludes halogenated alkanes) is 4. The summed E-state index contributed by atoms with van der Waals surface area (Å²) in [7, 11) is -4.51. The first-order valence-electron chi connectivity index (χ1n) is 9.73. The van der Waals surface area contributed by atoms with E-state index in [1.54, 1.807) is 0 Å². The molecule has 0 aromatic rings. The summed E-state index contributed by atoms with van der Waals surface area (Å²) in [4.78, 5) is 35.2. The molecule has 0 atom stereocenters. The van der Waals surface area contributed by atoms with Gasteiger partial charge in [-0.1, -0.05) is 53.4 Å². The maximum absolute atomic E-state index is 8.80. The van der Waals surface area contributed by atoms with Crippen LogP contribution in [0.5, 0.6) is 0 Å². The van der Waals surface area contributed by atoms with Crippen molar-refractivity contribution in [2.75, 3.05) is 26.4 Å². The summed E-state index contributed by atoms with van der Waals surface area (Å²) < 4.78 is 15.5. The van der Waals surface area contributed by atoms with Crippen LogP contribution in [0.4, 0.5) is 0 Å². The van der Waals surface area contributed by atoms with Crippen molar-refractivity contribution in [3.05, 3.63) is 0 Å². The van der Waals surface area contributed by atoms with Crippen LogP contribution in [0, 0.1) is 10.8 Å². The van der Waals surface area contributed by atoms with Gasteiger partial charge in [-0.3, -0.25) is 0 Å². The predicted octanol–water partition coefficient (Wildman–Crippen LogP) is 4.63. The molecule has 7 nitrogen and oxygen atoms in total. The second-order valence-electron chi connectivity index (χ2n) is 8.61. The average Bonchev–Trinajstić information content (AvgIpc) is 2.56. The molecule has 0 bridgehead atoms. The van der Waals surface area contributed by atoms with Crippen LogP contribution in [0.3, 0.4) is 0 Å². The van der Waals surface area contributed by atoms with Crippen molar-refractivity contribution in [2.24, 2.45) is 10.8 Å². The van der Waals surface area contributed by atoms with Gasteiger partial charge in [-0.25, -0.2) is 0 Å². The number of rotatable bonds is 18. The molecule has 0 saturated heterocycles. The standard InChI is InChI=1S/C18H40O7P2/c1-17(2,15-24-26(19)20)11-7-5-9-13-23-14-10-6-8-12-18(3,4)16-25-27(21)22/h19-22H,5-16H2,1-4H3. The molecule has 0 aliphatic heterocycles. The summed E-state index contributed by atoms with van der Waals surface area (Å²) in [5.41, 5.74) is -0.0794. The molecule has 4 N–H and O–H groups in total. The third-order valence-corrected chi connectivity index (χ3v) is 5.15. The lowest BCUT2D eigenvalue weighted by Crippen LogP contribution is -2.18. The highest BCUT2D eigenvalue weighted by molar-refractivity contribution is 7.39. The highest BCUT2D eigenvalue weighted by Crippen LogP contribution is 2.33. The fraction of sp³-hybridized carbons (Fsp3) is 1.00. The first-order valence-corrected chi connectivity index (χ1v) is 12.1. The molecule has 0 aromatic heterocycles. The Balaban J connectivity index is 3.45. The molecule has 164 valence electrons. The molecule has 0 saturated carbocycles. The molecule has 0 radical (unpaired) electrons. The van der Waals surface area contributed by atoms with Crippen molar-refractivity contribution >= 4 is 17.2 Å². The zero-order chi connectivity index (χ0) is 20.8. The Morgan fingerprint density at radius 2 is 0.963 bits per heavy atom. The van der Waals surface area contributed by atoms with E-state index in [2.05, 4.69) is 27.7 Å². The Labute approximate surface area is 167 Å². The molecule has 0 aliphatic rings. The highest BCUT2D eigenvalue weighted by Gasteiger charge is 2.20. The molecule has 0 amide bonds. The first kappa shape index (κ1) is 27.6. The fourth-order valence-corrected chi connectivity index (χ4v) is 3.61. The third kappa shape index (κ3) is 19.7. The van der Waals surface area contributed by atoms with Gasteiger partial charge in [0, 0.05) is 13.2 Å². The SMILES string of the molecule is CC(C)(CCCCCOCCCCCC(C)(C)COP(O)O)COP(O)O. The lowest BCUT2D eigenvalue weighted by Gasteiger charge is -2.24. The second-order valence-corrected chi connectivity index (χ2v) is 10.1. The molecule has 27 heavy (non-hydrogen) atoms. The van der Waals surface area contributed by atoms with Crippen LogP contribution in [-0.4, -0.2) is 46.0 Å². The average molecular weight is 430 g/mol. The van der Waals surface area contributed by atoms with E-state index in [9.17, 15) is 0 Å². The van der Waals surface area contributed by atoms with Crippen molar-refractivity contribution in [3.8, 4) is 0 Å². The minimum absolute atomic E-state index is 0.0397. The molecule has 0 spiro atoms. The lowest BCUT2D eigenvalue weighted by atomic mass is 9.88. The normalized spacial score (nSPS) is 13.1. The van der Waals surface area contributed by atoms with Gasteiger partial charge in [-0.2, -0.15) is 0 Å². The summed E-state index contributed by atoms with van der Waals surface area (Å²) in [5, 5.41) is 0. The Hall–Kier alpha value is 0.580.